The van der Waals surface area contributed by atoms with Crippen molar-refractivity contribution in [1.29, 1.82) is 0 Å². The van der Waals surface area contributed by atoms with Crippen LogP contribution in [0.2, 0.25) is 0 Å². The molecule has 1 aromatic heterocycles. The van der Waals surface area contributed by atoms with E-state index in [0.717, 1.165) is 50.1 Å². The fourth-order valence-electron chi connectivity index (χ4n) is 3.67. The van der Waals surface area contributed by atoms with Crippen LogP contribution in [-0.2, 0) is 19.5 Å². The van der Waals surface area contributed by atoms with Crippen molar-refractivity contribution in [1.82, 2.24) is 9.97 Å². The number of hydrogen-bond donors (Lipinski definition) is 0. The van der Waals surface area contributed by atoms with Gasteiger partial charge in [0.2, 0.25) is 5.95 Å². The van der Waals surface area contributed by atoms with Gasteiger partial charge in [0.15, 0.2) is 0 Å². The van der Waals surface area contributed by atoms with Crippen molar-refractivity contribution < 1.29 is 0 Å². The first-order chi connectivity index (χ1) is 13.2. The molecule has 0 unspecified atom stereocenters. The molecule has 0 saturated carbocycles. The minimum Gasteiger partial charge on any atom is -0.352 e. The second-order valence-electron chi connectivity index (χ2n) is 7.11. The monoisotopic (exact) mass is 358 g/mol. The third-order valence-electron chi connectivity index (χ3n) is 5.16. The summed E-state index contributed by atoms with van der Waals surface area (Å²) in [6, 6.07) is 21.3. The van der Waals surface area contributed by atoms with Crippen LogP contribution in [0.3, 0.4) is 0 Å². The Balaban J connectivity index is 1.59. The minimum absolute atomic E-state index is 0.839. The van der Waals surface area contributed by atoms with Gasteiger partial charge in [0.25, 0.3) is 0 Å². The first kappa shape index (κ1) is 17.5. The fourth-order valence-corrected chi connectivity index (χ4v) is 3.67. The lowest BCUT2D eigenvalue weighted by Crippen LogP contribution is -2.32. The summed E-state index contributed by atoms with van der Waals surface area (Å²) in [5.41, 5.74) is 5.14. The number of nitrogens with zero attached hydrogens (tertiary/aromatic N) is 4. The molecule has 0 aliphatic carbocycles. The molecular weight excluding hydrogens is 332 g/mol. The Hall–Kier alpha value is -2.88. The SMILES string of the molecule is CCN(Cc1ccccc1)c1cc(C)nc(N2CCc3ccccc3C2)n1. The molecule has 4 heteroatoms. The van der Waals surface area contributed by atoms with E-state index in [1.54, 1.807) is 0 Å². The Labute approximate surface area is 161 Å². The van der Waals surface area contributed by atoms with Gasteiger partial charge in [-0.1, -0.05) is 54.6 Å². The highest BCUT2D eigenvalue weighted by atomic mass is 15.3. The van der Waals surface area contributed by atoms with Crippen LogP contribution in [0, 0.1) is 6.92 Å². The van der Waals surface area contributed by atoms with Gasteiger partial charge in [-0.05, 0) is 37.0 Å². The summed E-state index contributed by atoms with van der Waals surface area (Å²) in [7, 11) is 0. The van der Waals surface area contributed by atoms with E-state index in [4.69, 9.17) is 9.97 Å². The van der Waals surface area contributed by atoms with Gasteiger partial charge < -0.3 is 9.80 Å². The summed E-state index contributed by atoms with van der Waals surface area (Å²) < 4.78 is 0. The van der Waals surface area contributed by atoms with Crippen molar-refractivity contribution in [2.75, 3.05) is 22.9 Å². The number of fused-ring (bicyclic) bond motifs is 1. The topological polar surface area (TPSA) is 32.3 Å². The molecule has 0 N–H and O–H groups in total. The van der Waals surface area contributed by atoms with Gasteiger partial charge in [-0.25, -0.2) is 4.98 Å². The molecule has 0 bridgehead atoms. The summed E-state index contributed by atoms with van der Waals surface area (Å²) in [4.78, 5) is 14.3. The van der Waals surface area contributed by atoms with Gasteiger partial charge in [0.05, 0.1) is 0 Å². The lowest BCUT2D eigenvalue weighted by molar-refractivity contribution is 0.701. The first-order valence-corrected chi connectivity index (χ1v) is 9.69. The number of anilines is 2. The molecule has 4 nitrogen and oxygen atoms in total. The van der Waals surface area contributed by atoms with E-state index in [-0.39, 0.29) is 0 Å². The van der Waals surface area contributed by atoms with E-state index in [1.807, 2.05) is 0 Å². The van der Waals surface area contributed by atoms with Gasteiger partial charge in [-0.15, -0.1) is 0 Å². The Morgan fingerprint density at radius 2 is 1.70 bits per heavy atom. The predicted octanol–water partition coefficient (Wildman–Crippen LogP) is 4.37. The van der Waals surface area contributed by atoms with Crippen LogP contribution >= 0.6 is 0 Å². The first-order valence-electron chi connectivity index (χ1n) is 9.69. The quantitative estimate of drug-likeness (QED) is 0.678. The van der Waals surface area contributed by atoms with Crippen molar-refractivity contribution in [2.45, 2.75) is 33.4 Å². The summed E-state index contributed by atoms with van der Waals surface area (Å²) in [5, 5.41) is 0. The van der Waals surface area contributed by atoms with Gasteiger partial charge in [0.1, 0.15) is 5.82 Å². The molecule has 0 spiro atoms. The molecule has 0 fully saturated rings. The van der Waals surface area contributed by atoms with Crippen LogP contribution in [0.15, 0.2) is 60.7 Å². The standard InChI is InChI=1S/C23H26N4/c1-3-26(16-19-9-5-4-6-10-19)22-15-18(2)24-23(25-22)27-14-13-20-11-7-8-12-21(20)17-27/h4-12,15H,3,13-14,16-17H2,1-2H3. The minimum atomic E-state index is 0.839. The second-order valence-corrected chi connectivity index (χ2v) is 7.11. The van der Waals surface area contributed by atoms with E-state index in [0.29, 0.717) is 0 Å². The molecule has 0 radical (unpaired) electrons. The molecule has 0 amide bonds. The molecule has 0 atom stereocenters. The van der Waals surface area contributed by atoms with E-state index in [2.05, 4.69) is 84.3 Å². The Bertz CT molecular complexity index is 887. The van der Waals surface area contributed by atoms with Gasteiger partial charge >= 0.3 is 0 Å². The number of benzene rings is 2. The highest BCUT2D eigenvalue weighted by molar-refractivity contribution is 5.48. The molecule has 27 heavy (non-hydrogen) atoms. The van der Waals surface area contributed by atoms with E-state index >= 15 is 0 Å². The fraction of sp³-hybridized carbons (Fsp3) is 0.304. The van der Waals surface area contributed by atoms with Crippen molar-refractivity contribution in [2.24, 2.45) is 0 Å². The molecule has 4 rings (SSSR count). The predicted molar refractivity (Wildman–Crippen MR) is 111 cm³/mol. The van der Waals surface area contributed by atoms with Gasteiger partial charge in [-0.2, -0.15) is 4.98 Å². The summed E-state index contributed by atoms with van der Waals surface area (Å²) in [6.45, 7) is 7.85. The Morgan fingerprint density at radius 3 is 2.48 bits per heavy atom. The lowest BCUT2D eigenvalue weighted by Gasteiger charge is -2.30. The third kappa shape index (κ3) is 3.95. The van der Waals surface area contributed by atoms with Crippen molar-refractivity contribution in [3.8, 4) is 0 Å². The average Bonchev–Trinajstić information content (AvgIpc) is 2.72. The second kappa shape index (κ2) is 7.78. The largest absolute Gasteiger partial charge is 0.352 e. The van der Waals surface area contributed by atoms with Crippen molar-refractivity contribution in [3.05, 3.63) is 83.0 Å². The van der Waals surface area contributed by atoms with Crippen molar-refractivity contribution in [3.63, 3.8) is 0 Å². The van der Waals surface area contributed by atoms with E-state index in [1.165, 1.54) is 16.7 Å². The zero-order valence-electron chi connectivity index (χ0n) is 16.1. The molecular formula is C23H26N4. The van der Waals surface area contributed by atoms with Gasteiger partial charge in [-0.3, -0.25) is 0 Å². The molecule has 0 saturated heterocycles. The maximum Gasteiger partial charge on any atom is 0.227 e. The number of aromatic nitrogens is 2. The molecule has 2 heterocycles. The van der Waals surface area contributed by atoms with E-state index < -0.39 is 0 Å². The van der Waals surface area contributed by atoms with Gasteiger partial charge in [0, 0.05) is 37.9 Å². The summed E-state index contributed by atoms with van der Waals surface area (Å²) >= 11 is 0. The highest BCUT2D eigenvalue weighted by Crippen LogP contribution is 2.25. The Kier molecular flexibility index (Phi) is 5.05. The summed E-state index contributed by atoms with van der Waals surface area (Å²) in [5.74, 6) is 1.84. The van der Waals surface area contributed by atoms with Crippen LogP contribution in [-0.4, -0.2) is 23.1 Å². The van der Waals surface area contributed by atoms with Crippen LogP contribution in [0.25, 0.3) is 0 Å². The Morgan fingerprint density at radius 1 is 0.963 bits per heavy atom. The van der Waals surface area contributed by atoms with Crippen molar-refractivity contribution >= 4 is 11.8 Å². The molecule has 138 valence electrons. The number of aryl methyl sites for hydroxylation is 1. The molecule has 3 aromatic rings. The molecule has 1 aliphatic heterocycles. The highest BCUT2D eigenvalue weighted by Gasteiger charge is 2.19. The zero-order valence-corrected chi connectivity index (χ0v) is 16.1. The smallest absolute Gasteiger partial charge is 0.227 e. The van der Waals surface area contributed by atoms with Crippen LogP contribution in [0.4, 0.5) is 11.8 Å². The van der Waals surface area contributed by atoms with Crippen LogP contribution < -0.4 is 9.80 Å². The van der Waals surface area contributed by atoms with E-state index in [9.17, 15) is 0 Å². The molecule has 1 aliphatic rings. The lowest BCUT2D eigenvalue weighted by atomic mass is 10.0. The number of hydrogen-bond acceptors (Lipinski definition) is 4. The normalized spacial score (nSPS) is 13.3. The summed E-state index contributed by atoms with van der Waals surface area (Å²) in [6.07, 6.45) is 1.05. The van der Waals surface area contributed by atoms with Crippen LogP contribution in [0.1, 0.15) is 29.3 Å². The maximum atomic E-state index is 4.94. The maximum absolute atomic E-state index is 4.94. The average molecular weight is 358 g/mol. The number of rotatable bonds is 5. The molecule has 2 aromatic carbocycles. The van der Waals surface area contributed by atoms with Crippen LogP contribution in [0.5, 0.6) is 0 Å². The zero-order chi connectivity index (χ0) is 18.6. The third-order valence-corrected chi connectivity index (χ3v) is 5.16.